The second kappa shape index (κ2) is 6.76. The number of nitrogens with zero attached hydrogens (tertiary/aromatic N) is 1. The van der Waals surface area contributed by atoms with E-state index in [4.69, 9.17) is 6.85 Å². The molecule has 25 heavy (non-hydrogen) atoms. The van der Waals surface area contributed by atoms with Crippen LogP contribution in [-0.2, 0) is 0 Å². The molecule has 0 spiro atoms. The molecule has 0 aliphatic heterocycles. The summed E-state index contributed by atoms with van der Waals surface area (Å²) < 4.78 is 42.0. The number of benzene rings is 4. The third kappa shape index (κ3) is 2.65. The predicted molar refractivity (Wildman–Crippen MR) is 107 cm³/mol. The van der Waals surface area contributed by atoms with Crippen molar-refractivity contribution in [1.82, 2.24) is 4.48 Å². The van der Waals surface area contributed by atoms with Gasteiger partial charge in [0.05, 0.1) is 6.85 Å². The average Bonchev–Trinajstić information content (AvgIpc) is 2.81. The molecule has 0 aliphatic carbocycles. The molecule has 0 fully saturated rings. The second-order valence-electron chi connectivity index (χ2n) is 5.65. The SMILES string of the molecule is [3H]c1c([3H])c([3H])c([N+](c2ccccc2)(c2ccccc2)c2ccccc2)c([3H])c1[3H]. The van der Waals surface area contributed by atoms with Gasteiger partial charge in [-0.2, -0.15) is 4.48 Å². The molecule has 0 amide bonds. The summed E-state index contributed by atoms with van der Waals surface area (Å²) in [5.41, 5.74) is 2.50. The van der Waals surface area contributed by atoms with Crippen LogP contribution in [0.5, 0.6) is 0 Å². The van der Waals surface area contributed by atoms with E-state index in [0.29, 0.717) is 0 Å². The topological polar surface area (TPSA) is 0 Å². The molecule has 0 atom stereocenters. The van der Waals surface area contributed by atoms with Crippen molar-refractivity contribution in [1.29, 1.82) is 0 Å². The van der Waals surface area contributed by atoms with Gasteiger partial charge in [0.25, 0.3) is 0 Å². The molecule has 0 aromatic heterocycles. The summed E-state index contributed by atoms with van der Waals surface area (Å²) in [4.78, 5) is 0. The Kier molecular flexibility index (Phi) is 2.88. The standard InChI is InChI=1S/C24H20N/c1-5-13-21(14-6-1)25(22-15-7-2-8-16-22,23-17-9-3-10-18-23)24-19-11-4-12-20-24/h1-20H/q+1/i1T,5T,6T,13T,14T. The zero-order chi connectivity index (χ0) is 21.3. The first-order valence-corrected chi connectivity index (χ1v) is 8.13. The van der Waals surface area contributed by atoms with Crippen LogP contribution < -0.4 is 4.48 Å². The average molecular weight is 332 g/mol. The van der Waals surface area contributed by atoms with Crippen LogP contribution in [0.3, 0.4) is 0 Å². The van der Waals surface area contributed by atoms with Crippen molar-refractivity contribution in [3.05, 3.63) is 121 Å². The molecule has 4 aromatic rings. The molecule has 0 unspecified atom stereocenters. The first-order chi connectivity index (χ1) is 14.5. The first kappa shape index (κ1) is 10.7. The van der Waals surface area contributed by atoms with E-state index in [1.165, 1.54) is 0 Å². The third-order valence-corrected chi connectivity index (χ3v) is 4.25. The van der Waals surface area contributed by atoms with Gasteiger partial charge in [-0.15, -0.1) is 0 Å². The van der Waals surface area contributed by atoms with Gasteiger partial charge in [0.15, 0.2) is 0 Å². The minimum Gasteiger partial charge on any atom is -0.194 e. The summed E-state index contributed by atoms with van der Waals surface area (Å²) in [6.45, 7) is 0. The maximum atomic E-state index is 8.75. The lowest BCUT2D eigenvalue weighted by Gasteiger charge is -2.37. The lowest BCUT2D eigenvalue weighted by Crippen LogP contribution is -2.33. The van der Waals surface area contributed by atoms with Gasteiger partial charge < -0.3 is 0 Å². The van der Waals surface area contributed by atoms with E-state index in [9.17, 15) is 0 Å². The zero-order valence-corrected chi connectivity index (χ0v) is 13.6. The van der Waals surface area contributed by atoms with Crippen LogP contribution in [0.2, 0.25) is 0 Å². The highest BCUT2D eigenvalue weighted by atomic mass is 15.4. The van der Waals surface area contributed by atoms with Crippen molar-refractivity contribution < 1.29 is 6.85 Å². The van der Waals surface area contributed by atoms with Crippen LogP contribution in [0.15, 0.2) is 121 Å². The van der Waals surface area contributed by atoms with Gasteiger partial charge in [0.2, 0.25) is 0 Å². The fourth-order valence-electron chi connectivity index (χ4n) is 3.20. The van der Waals surface area contributed by atoms with Gasteiger partial charge in [0, 0.05) is 48.5 Å². The zero-order valence-electron chi connectivity index (χ0n) is 18.6. The second-order valence-corrected chi connectivity index (χ2v) is 5.65. The molecular weight excluding hydrogens is 302 g/mol. The highest BCUT2D eigenvalue weighted by molar-refractivity contribution is 5.81. The monoisotopic (exact) mass is 332 g/mol. The van der Waals surface area contributed by atoms with Crippen molar-refractivity contribution in [2.45, 2.75) is 0 Å². The minimum atomic E-state index is -0.402. The molecule has 0 saturated heterocycles. The summed E-state index contributed by atoms with van der Waals surface area (Å²) >= 11 is 0. The maximum Gasteiger partial charge on any atom is 0.148 e. The smallest absolute Gasteiger partial charge is 0.148 e. The Morgan fingerprint density at radius 1 is 0.440 bits per heavy atom. The Bertz CT molecular complexity index is 1050. The lowest BCUT2D eigenvalue weighted by atomic mass is 10.1. The van der Waals surface area contributed by atoms with E-state index >= 15 is 0 Å². The number of hydrogen-bond acceptors (Lipinski definition) is 0. The summed E-state index contributed by atoms with van der Waals surface area (Å²) in [6, 6.07) is 27.0. The Balaban J connectivity index is 2.27. The summed E-state index contributed by atoms with van der Waals surface area (Å²) in [5, 5.41) is 0. The molecule has 0 heterocycles. The Morgan fingerprint density at radius 3 is 1.16 bits per heavy atom. The van der Waals surface area contributed by atoms with Gasteiger partial charge in [-0.25, -0.2) is 0 Å². The maximum absolute atomic E-state index is 8.75. The fourth-order valence-corrected chi connectivity index (χ4v) is 3.20. The number of hydrogen-bond donors (Lipinski definition) is 0. The van der Waals surface area contributed by atoms with Gasteiger partial charge in [-0.05, 0) is 0 Å². The van der Waals surface area contributed by atoms with Crippen molar-refractivity contribution in [3.8, 4) is 0 Å². The normalized spacial score (nSPS) is 14.0. The number of rotatable bonds is 4. The Hall–Kier alpha value is -3.16. The molecular formula is C24H20N+. The minimum absolute atomic E-state index is 0.127. The number of para-hydroxylation sites is 4. The van der Waals surface area contributed by atoms with Crippen LogP contribution in [0.4, 0.5) is 22.7 Å². The third-order valence-electron chi connectivity index (χ3n) is 4.25. The quantitative estimate of drug-likeness (QED) is 0.353. The van der Waals surface area contributed by atoms with Gasteiger partial charge >= 0.3 is 0 Å². The summed E-state index contributed by atoms with van der Waals surface area (Å²) in [5.74, 6) is 0. The highest BCUT2D eigenvalue weighted by Crippen LogP contribution is 2.50. The van der Waals surface area contributed by atoms with Crippen LogP contribution in [0.1, 0.15) is 6.85 Å². The van der Waals surface area contributed by atoms with E-state index in [0.717, 1.165) is 17.1 Å². The molecule has 1 heteroatoms. The van der Waals surface area contributed by atoms with Crippen molar-refractivity contribution in [3.63, 3.8) is 0 Å². The first-order valence-electron chi connectivity index (χ1n) is 10.6. The van der Waals surface area contributed by atoms with E-state index < -0.39 is 6.04 Å². The van der Waals surface area contributed by atoms with Crippen LogP contribution in [-0.4, -0.2) is 0 Å². The van der Waals surface area contributed by atoms with Gasteiger partial charge in [-0.1, -0.05) is 72.7 Å². The Labute approximate surface area is 156 Å². The highest BCUT2D eigenvalue weighted by Gasteiger charge is 2.38. The van der Waals surface area contributed by atoms with Crippen LogP contribution in [0, 0.1) is 0 Å². The Morgan fingerprint density at radius 2 is 0.800 bits per heavy atom. The molecule has 4 rings (SSSR count). The molecule has 0 N–H and O–H groups in total. The van der Waals surface area contributed by atoms with E-state index in [2.05, 4.69) is 0 Å². The van der Waals surface area contributed by atoms with Crippen molar-refractivity contribution in [2.75, 3.05) is 0 Å². The molecule has 4 aromatic carbocycles. The molecule has 0 bridgehead atoms. The van der Waals surface area contributed by atoms with Crippen molar-refractivity contribution >= 4 is 22.7 Å². The fraction of sp³-hybridized carbons (Fsp3) is 0. The number of quaternary nitrogens is 1. The summed E-state index contributed by atoms with van der Waals surface area (Å²) in [7, 11) is 0. The molecule has 0 aliphatic rings. The largest absolute Gasteiger partial charge is 0.194 e. The van der Waals surface area contributed by atoms with Crippen molar-refractivity contribution in [2.24, 2.45) is 0 Å². The van der Waals surface area contributed by atoms with Gasteiger partial charge in [0.1, 0.15) is 22.7 Å². The lowest BCUT2D eigenvalue weighted by molar-refractivity contribution is 0.704. The van der Waals surface area contributed by atoms with Crippen LogP contribution in [0.25, 0.3) is 0 Å². The van der Waals surface area contributed by atoms with Crippen LogP contribution >= 0.6 is 0 Å². The molecule has 120 valence electrons. The molecule has 0 saturated carbocycles. The van der Waals surface area contributed by atoms with Gasteiger partial charge in [-0.3, -0.25) is 0 Å². The predicted octanol–water partition coefficient (Wildman–Crippen LogP) is 6.99. The van der Waals surface area contributed by atoms with E-state index in [1.54, 1.807) is 0 Å². The van der Waals surface area contributed by atoms with E-state index in [-0.39, 0.29) is 34.3 Å². The van der Waals surface area contributed by atoms with E-state index in [1.807, 2.05) is 91.0 Å². The summed E-state index contributed by atoms with van der Waals surface area (Å²) in [6.07, 6.45) is 0. The molecule has 1 nitrogen and oxygen atoms in total. The molecule has 0 radical (unpaired) electrons.